The summed E-state index contributed by atoms with van der Waals surface area (Å²) in [5, 5.41) is 0.618. The van der Waals surface area contributed by atoms with Crippen LogP contribution in [0.2, 0.25) is 10.0 Å². The molecule has 2 aromatic carbocycles. The summed E-state index contributed by atoms with van der Waals surface area (Å²) in [6.45, 7) is 0. The number of hydrogen-bond acceptors (Lipinski definition) is 2. The van der Waals surface area contributed by atoms with Crippen molar-refractivity contribution in [3.8, 4) is 5.75 Å². The summed E-state index contributed by atoms with van der Waals surface area (Å²) in [5.41, 5.74) is 0.458. The number of carbonyl (C=O) groups is 1. The number of ketones is 1. The number of ether oxygens (including phenoxy) is 1. The molecular weight excluding hydrogens is 290 g/mol. The van der Waals surface area contributed by atoms with Crippen LogP contribution >= 0.6 is 23.2 Å². The summed E-state index contributed by atoms with van der Waals surface area (Å²) in [7, 11) is 1.42. The number of carbonyl (C=O) groups excluding carboxylic acids is 1. The Morgan fingerprint density at radius 1 is 1.11 bits per heavy atom. The predicted octanol–water partition coefficient (Wildman–Crippen LogP) is 4.37. The third-order valence-corrected chi connectivity index (χ3v) is 3.33. The Labute approximate surface area is 119 Å². The first-order valence-electron chi connectivity index (χ1n) is 5.36. The second-order valence-electron chi connectivity index (χ2n) is 3.80. The molecular formula is C14H9Cl2FO2. The molecule has 0 aromatic heterocycles. The van der Waals surface area contributed by atoms with Crippen LogP contribution in [0.3, 0.4) is 0 Å². The maximum atomic E-state index is 13.2. The van der Waals surface area contributed by atoms with Crippen LogP contribution in [0, 0.1) is 5.82 Å². The van der Waals surface area contributed by atoms with Crippen molar-refractivity contribution < 1.29 is 13.9 Å². The minimum Gasteiger partial charge on any atom is -0.496 e. The molecule has 0 aliphatic heterocycles. The Balaban J connectivity index is 2.49. The quantitative estimate of drug-likeness (QED) is 0.787. The second-order valence-corrected chi connectivity index (χ2v) is 4.62. The largest absolute Gasteiger partial charge is 0.496 e. The normalized spacial score (nSPS) is 10.3. The minimum absolute atomic E-state index is 0.140. The fourth-order valence-corrected chi connectivity index (χ4v) is 1.95. The van der Waals surface area contributed by atoms with E-state index in [1.165, 1.54) is 37.4 Å². The monoisotopic (exact) mass is 298 g/mol. The van der Waals surface area contributed by atoms with E-state index in [2.05, 4.69) is 0 Å². The van der Waals surface area contributed by atoms with Gasteiger partial charge < -0.3 is 4.74 Å². The molecule has 0 aliphatic rings. The predicted molar refractivity (Wildman–Crippen MR) is 72.8 cm³/mol. The maximum absolute atomic E-state index is 13.2. The first-order chi connectivity index (χ1) is 9.02. The Morgan fingerprint density at radius 2 is 1.84 bits per heavy atom. The average molecular weight is 299 g/mol. The Kier molecular flexibility index (Phi) is 4.08. The van der Waals surface area contributed by atoms with Gasteiger partial charge in [0.1, 0.15) is 11.6 Å². The highest BCUT2D eigenvalue weighted by Gasteiger charge is 2.16. The molecule has 0 atom stereocenters. The van der Waals surface area contributed by atoms with Gasteiger partial charge in [-0.25, -0.2) is 4.39 Å². The van der Waals surface area contributed by atoms with Crippen molar-refractivity contribution in [1.29, 1.82) is 0 Å². The van der Waals surface area contributed by atoms with Crippen molar-refractivity contribution in [2.75, 3.05) is 7.11 Å². The highest BCUT2D eigenvalue weighted by Crippen LogP contribution is 2.27. The van der Waals surface area contributed by atoms with Gasteiger partial charge in [0.2, 0.25) is 0 Å². The molecule has 0 saturated heterocycles. The molecule has 0 saturated carbocycles. The molecule has 0 amide bonds. The highest BCUT2D eigenvalue weighted by molar-refractivity contribution is 6.42. The zero-order valence-electron chi connectivity index (χ0n) is 9.91. The molecule has 2 aromatic rings. The van der Waals surface area contributed by atoms with Crippen molar-refractivity contribution in [3.63, 3.8) is 0 Å². The molecule has 19 heavy (non-hydrogen) atoms. The molecule has 0 radical (unpaired) electrons. The lowest BCUT2D eigenvalue weighted by Gasteiger charge is -2.08. The standard InChI is InChI=1S/C14H9Cl2FO2/c1-19-13-5-3-9(17)7-10(13)14(18)8-2-4-11(15)12(16)6-8/h2-7H,1H3. The number of benzene rings is 2. The summed E-state index contributed by atoms with van der Waals surface area (Å²) < 4.78 is 18.3. The van der Waals surface area contributed by atoms with Crippen LogP contribution in [0.4, 0.5) is 4.39 Å². The maximum Gasteiger partial charge on any atom is 0.196 e. The second kappa shape index (κ2) is 5.59. The van der Waals surface area contributed by atoms with E-state index in [4.69, 9.17) is 27.9 Å². The molecule has 0 aliphatic carbocycles. The van der Waals surface area contributed by atoms with Crippen molar-refractivity contribution >= 4 is 29.0 Å². The van der Waals surface area contributed by atoms with Gasteiger partial charge in [0.25, 0.3) is 0 Å². The fraction of sp³-hybridized carbons (Fsp3) is 0.0714. The lowest BCUT2D eigenvalue weighted by molar-refractivity contribution is 0.103. The number of rotatable bonds is 3. The summed E-state index contributed by atoms with van der Waals surface area (Å²) in [6, 6.07) is 8.24. The van der Waals surface area contributed by atoms with Crippen LogP contribution in [0.1, 0.15) is 15.9 Å². The first kappa shape index (κ1) is 13.8. The molecule has 0 heterocycles. The van der Waals surface area contributed by atoms with E-state index in [0.717, 1.165) is 6.07 Å². The molecule has 0 bridgehead atoms. The van der Waals surface area contributed by atoms with E-state index in [1.807, 2.05) is 0 Å². The third-order valence-electron chi connectivity index (χ3n) is 2.59. The lowest BCUT2D eigenvalue weighted by Crippen LogP contribution is -2.04. The molecule has 5 heteroatoms. The van der Waals surface area contributed by atoms with E-state index < -0.39 is 5.82 Å². The van der Waals surface area contributed by atoms with E-state index in [9.17, 15) is 9.18 Å². The van der Waals surface area contributed by atoms with E-state index in [1.54, 1.807) is 0 Å². The molecule has 0 unspecified atom stereocenters. The van der Waals surface area contributed by atoms with Crippen molar-refractivity contribution in [1.82, 2.24) is 0 Å². The Morgan fingerprint density at radius 3 is 2.47 bits per heavy atom. The highest BCUT2D eigenvalue weighted by atomic mass is 35.5. The minimum atomic E-state index is -0.510. The number of methoxy groups -OCH3 is 1. The molecule has 0 N–H and O–H groups in total. The third kappa shape index (κ3) is 2.88. The summed E-state index contributed by atoms with van der Waals surface area (Å²) in [6.07, 6.45) is 0. The van der Waals surface area contributed by atoms with Gasteiger partial charge in [-0.2, -0.15) is 0 Å². The average Bonchev–Trinajstić information content (AvgIpc) is 2.41. The topological polar surface area (TPSA) is 26.3 Å². The van der Waals surface area contributed by atoms with E-state index in [-0.39, 0.29) is 16.4 Å². The van der Waals surface area contributed by atoms with E-state index >= 15 is 0 Å². The van der Waals surface area contributed by atoms with Gasteiger partial charge in [-0.1, -0.05) is 23.2 Å². The smallest absolute Gasteiger partial charge is 0.196 e. The van der Waals surface area contributed by atoms with Crippen molar-refractivity contribution in [2.45, 2.75) is 0 Å². The fourth-order valence-electron chi connectivity index (χ4n) is 1.65. The van der Waals surface area contributed by atoms with Gasteiger partial charge in [-0.15, -0.1) is 0 Å². The van der Waals surface area contributed by atoms with Gasteiger partial charge in [0.15, 0.2) is 5.78 Å². The van der Waals surface area contributed by atoms with Gasteiger partial charge in [-0.3, -0.25) is 4.79 Å². The zero-order valence-corrected chi connectivity index (χ0v) is 11.4. The SMILES string of the molecule is COc1ccc(F)cc1C(=O)c1ccc(Cl)c(Cl)c1. The van der Waals surface area contributed by atoms with Crippen molar-refractivity contribution in [2.24, 2.45) is 0 Å². The lowest BCUT2D eigenvalue weighted by atomic mass is 10.0. The summed E-state index contributed by atoms with van der Waals surface area (Å²) in [4.78, 5) is 12.3. The van der Waals surface area contributed by atoms with Gasteiger partial charge in [0, 0.05) is 5.56 Å². The van der Waals surface area contributed by atoms with Crippen molar-refractivity contribution in [3.05, 3.63) is 63.4 Å². The molecule has 0 spiro atoms. The van der Waals surface area contributed by atoms with Crippen LogP contribution in [-0.2, 0) is 0 Å². The molecule has 0 fully saturated rings. The number of halogens is 3. The van der Waals surface area contributed by atoms with Crippen LogP contribution < -0.4 is 4.74 Å². The summed E-state index contributed by atoms with van der Waals surface area (Å²) in [5.74, 6) is -0.586. The summed E-state index contributed by atoms with van der Waals surface area (Å²) >= 11 is 11.6. The van der Waals surface area contributed by atoms with Gasteiger partial charge in [-0.05, 0) is 36.4 Å². The Bertz CT molecular complexity index is 641. The molecule has 2 nitrogen and oxygen atoms in total. The van der Waals surface area contributed by atoms with Crippen LogP contribution in [0.15, 0.2) is 36.4 Å². The van der Waals surface area contributed by atoms with Crippen LogP contribution in [0.25, 0.3) is 0 Å². The first-order valence-corrected chi connectivity index (χ1v) is 6.12. The molecule has 2 rings (SSSR count). The van der Waals surface area contributed by atoms with Crippen LogP contribution in [-0.4, -0.2) is 12.9 Å². The molecule has 98 valence electrons. The zero-order chi connectivity index (χ0) is 14.0. The Hall–Kier alpha value is -1.58. The van der Waals surface area contributed by atoms with Gasteiger partial charge >= 0.3 is 0 Å². The van der Waals surface area contributed by atoms with Crippen LogP contribution in [0.5, 0.6) is 5.75 Å². The number of hydrogen-bond donors (Lipinski definition) is 0. The van der Waals surface area contributed by atoms with Gasteiger partial charge in [0.05, 0.1) is 22.7 Å². The van der Waals surface area contributed by atoms with E-state index in [0.29, 0.717) is 16.3 Å².